The maximum absolute atomic E-state index is 13.1. The molecule has 2 aromatic carbocycles. The molecular weight excluding hydrogens is 400 g/mol. The Hall–Kier alpha value is -2.55. The lowest BCUT2D eigenvalue weighted by Gasteiger charge is -2.20. The second-order valence-electron chi connectivity index (χ2n) is 6.65. The molecule has 7 nitrogen and oxygen atoms in total. The van der Waals surface area contributed by atoms with Gasteiger partial charge in [0.05, 0.1) is 35.3 Å². The van der Waals surface area contributed by atoms with Crippen molar-refractivity contribution in [3.8, 4) is 0 Å². The highest BCUT2D eigenvalue weighted by Gasteiger charge is 2.22. The molecule has 0 bridgehead atoms. The predicted molar refractivity (Wildman–Crippen MR) is 112 cm³/mol. The van der Waals surface area contributed by atoms with Gasteiger partial charge in [0.1, 0.15) is 5.52 Å². The fraction of sp³-hybridized carbons (Fsp3) is 0.263. The predicted octanol–water partition coefficient (Wildman–Crippen LogP) is 3.04. The summed E-state index contributed by atoms with van der Waals surface area (Å²) in [5.74, 6) is -0.237. The quantitative estimate of drug-likeness (QED) is 0.471. The average Bonchev–Trinajstić information content (AvgIpc) is 3.10. The van der Waals surface area contributed by atoms with E-state index in [9.17, 15) is 14.9 Å². The van der Waals surface area contributed by atoms with Crippen LogP contribution in [0.4, 0.5) is 10.8 Å². The lowest BCUT2D eigenvalue weighted by atomic mass is 10.2. The molecule has 0 atom stereocenters. The number of hydrogen-bond acceptors (Lipinski definition) is 5. The van der Waals surface area contributed by atoms with Crippen LogP contribution >= 0.6 is 22.9 Å². The van der Waals surface area contributed by atoms with Crippen molar-refractivity contribution >= 4 is 49.9 Å². The number of quaternary nitrogens is 1. The zero-order chi connectivity index (χ0) is 20.3. The number of aromatic nitrogens is 1. The summed E-state index contributed by atoms with van der Waals surface area (Å²) >= 11 is 7.64. The van der Waals surface area contributed by atoms with Crippen LogP contribution in [0.25, 0.3) is 10.2 Å². The molecule has 1 aromatic heterocycles. The number of anilines is 1. The van der Waals surface area contributed by atoms with Gasteiger partial charge in [-0.05, 0) is 24.3 Å². The minimum Gasteiger partial charge on any atom is -0.340 e. The number of thiazole rings is 1. The van der Waals surface area contributed by atoms with E-state index in [0.29, 0.717) is 27.8 Å². The molecule has 0 unspecified atom stereocenters. The van der Waals surface area contributed by atoms with Crippen LogP contribution < -0.4 is 9.80 Å². The molecule has 9 heteroatoms. The number of rotatable bonds is 7. The van der Waals surface area contributed by atoms with E-state index in [2.05, 4.69) is 19.1 Å². The van der Waals surface area contributed by atoms with E-state index >= 15 is 0 Å². The second kappa shape index (κ2) is 8.64. The molecule has 0 saturated heterocycles. The second-order valence-corrected chi connectivity index (χ2v) is 8.07. The van der Waals surface area contributed by atoms with Gasteiger partial charge in [0.25, 0.3) is 11.6 Å². The largest absolute Gasteiger partial charge is 0.340 e. The van der Waals surface area contributed by atoms with Gasteiger partial charge >= 0.3 is 0 Å². The van der Waals surface area contributed by atoms with E-state index in [4.69, 9.17) is 11.6 Å². The van der Waals surface area contributed by atoms with Gasteiger partial charge in [0.15, 0.2) is 5.13 Å². The number of benzene rings is 2. The molecule has 1 amide bonds. The number of carbonyl (C=O) groups excluding carboxylic acids is 1. The monoisotopic (exact) mass is 419 g/mol. The average molecular weight is 420 g/mol. The van der Waals surface area contributed by atoms with Crippen molar-refractivity contribution in [2.75, 3.05) is 32.1 Å². The molecule has 0 aliphatic heterocycles. The SMILES string of the molecule is C[NH+](C)CCCN(C(=O)c1ccc([N+](=O)[O-])cc1)c1nc2c(Cl)cccc2s1. The number of nitrogens with zero attached hydrogens (tertiary/aromatic N) is 3. The summed E-state index contributed by atoms with van der Waals surface area (Å²) < 4.78 is 0.905. The Morgan fingerprint density at radius 2 is 1.96 bits per heavy atom. The standard InChI is InChI=1S/C19H19ClN4O3S/c1-22(2)11-4-12-23(18(25)13-7-9-14(10-8-13)24(26)27)19-21-17-15(20)5-3-6-16(17)28-19/h3,5-10H,4,11-12H2,1-2H3/p+1. The molecule has 0 radical (unpaired) electrons. The first-order valence-electron chi connectivity index (χ1n) is 8.77. The lowest BCUT2D eigenvalue weighted by Crippen LogP contribution is -3.05. The van der Waals surface area contributed by atoms with Crippen LogP contribution in [0.15, 0.2) is 42.5 Å². The van der Waals surface area contributed by atoms with E-state index in [1.165, 1.54) is 40.5 Å². The topological polar surface area (TPSA) is 80.8 Å². The third-order valence-electron chi connectivity index (χ3n) is 4.22. The number of amides is 1. The summed E-state index contributed by atoms with van der Waals surface area (Å²) in [6.45, 7) is 1.40. The van der Waals surface area contributed by atoms with Gasteiger partial charge in [-0.15, -0.1) is 0 Å². The summed E-state index contributed by atoms with van der Waals surface area (Å²) in [4.78, 5) is 31.0. The Morgan fingerprint density at radius 1 is 1.25 bits per heavy atom. The van der Waals surface area contributed by atoms with E-state index < -0.39 is 4.92 Å². The van der Waals surface area contributed by atoms with Crippen LogP contribution in [0, 0.1) is 10.1 Å². The van der Waals surface area contributed by atoms with Gasteiger partial charge < -0.3 is 4.90 Å². The van der Waals surface area contributed by atoms with Crippen molar-refractivity contribution < 1.29 is 14.6 Å². The number of fused-ring (bicyclic) bond motifs is 1. The van der Waals surface area contributed by atoms with Gasteiger partial charge in [-0.1, -0.05) is 29.0 Å². The highest BCUT2D eigenvalue weighted by atomic mass is 35.5. The number of carbonyl (C=O) groups is 1. The molecule has 0 aliphatic rings. The van der Waals surface area contributed by atoms with Gasteiger partial charge in [-0.25, -0.2) is 4.98 Å². The van der Waals surface area contributed by atoms with E-state index in [0.717, 1.165) is 17.7 Å². The molecule has 1 heterocycles. The first-order chi connectivity index (χ1) is 13.4. The van der Waals surface area contributed by atoms with Gasteiger partial charge in [-0.3, -0.25) is 19.8 Å². The molecule has 3 rings (SSSR count). The maximum atomic E-state index is 13.1. The van der Waals surface area contributed by atoms with Crippen molar-refractivity contribution in [3.05, 3.63) is 63.2 Å². The van der Waals surface area contributed by atoms with Crippen LogP contribution in [0.2, 0.25) is 5.02 Å². The van der Waals surface area contributed by atoms with Crippen LogP contribution in [-0.4, -0.2) is 43.0 Å². The number of nitro benzene ring substituents is 1. The van der Waals surface area contributed by atoms with Crippen LogP contribution in [0.1, 0.15) is 16.8 Å². The summed E-state index contributed by atoms with van der Waals surface area (Å²) in [7, 11) is 4.11. The van der Waals surface area contributed by atoms with Crippen molar-refractivity contribution in [3.63, 3.8) is 0 Å². The Bertz CT molecular complexity index is 1000. The zero-order valence-corrected chi connectivity index (χ0v) is 17.1. The Balaban J connectivity index is 1.94. The van der Waals surface area contributed by atoms with Gasteiger partial charge in [0.2, 0.25) is 0 Å². The van der Waals surface area contributed by atoms with E-state index in [1.54, 1.807) is 11.0 Å². The third kappa shape index (κ3) is 4.46. The van der Waals surface area contributed by atoms with Gasteiger partial charge in [-0.2, -0.15) is 0 Å². The summed E-state index contributed by atoms with van der Waals surface area (Å²) in [5, 5.41) is 12.0. The highest BCUT2D eigenvalue weighted by Crippen LogP contribution is 2.33. The number of nitrogens with one attached hydrogen (secondary N) is 1. The van der Waals surface area contributed by atoms with Crippen molar-refractivity contribution in [1.82, 2.24) is 4.98 Å². The molecule has 0 spiro atoms. The molecule has 0 fully saturated rings. The summed E-state index contributed by atoms with van der Waals surface area (Å²) in [5.41, 5.74) is 1.00. The van der Waals surface area contributed by atoms with Gasteiger partial charge in [0, 0.05) is 30.7 Å². The molecular formula is C19H20ClN4O3S+. The first-order valence-corrected chi connectivity index (χ1v) is 9.96. The Labute approximate surface area is 171 Å². The lowest BCUT2D eigenvalue weighted by molar-refractivity contribution is -0.858. The van der Waals surface area contributed by atoms with Crippen molar-refractivity contribution in [2.45, 2.75) is 6.42 Å². The molecule has 1 N–H and O–H groups in total. The Kier molecular flexibility index (Phi) is 6.23. The van der Waals surface area contributed by atoms with Crippen LogP contribution in [0.3, 0.4) is 0 Å². The highest BCUT2D eigenvalue weighted by molar-refractivity contribution is 7.22. The number of hydrogen-bond donors (Lipinski definition) is 1. The minimum atomic E-state index is -0.485. The van der Waals surface area contributed by atoms with Crippen LogP contribution in [0.5, 0.6) is 0 Å². The van der Waals surface area contributed by atoms with Crippen molar-refractivity contribution in [2.24, 2.45) is 0 Å². The summed E-state index contributed by atoms with van der Waals surface area (Å²) in [6.07, 6.45) is 0.796. The molecule has 146 valence electrons. The molecule has 0 aliphatic carbocycles. The molecule has 3 aromatic rings. The number of para-hydroxylation sites is 1. The third-order valence-corrected chi connectivity index (χ3v) is 5.57. The number of halogens is 1. The smallest absolute Gasteiger partial charge is 0.269 e. The molecule has 28 heavy (non-hydrogen) atoms. The zero-order valence-electron chi connectivity index (χ0n) is 15.5. The maximum Gasteiger partial charge on any atom is 0.269 e. The number of non-ortho nitro benzene ring substituents is 1. The minimum absolute atomic E-state index is 0.0499. The first kappa shape index (κ1) is 20.2. The van der Waals surface area contributed by atoms with Crippen LogP contribution in [-0.2, 0) is 0 Å². The fourth-order valence-electron chi connectivity index (χ4n) is 2.78. The Morgan fingerprint density at radius 3 is 2.57 bits per heavy atom. The normalized spacial score (nSPS) is 11.1. The molecule has 0 saturated carbocycles. The van der Waals surface area contributed by atoms with E-state index in [-0.39, 0.29) is 11.6 Å². The van der Waals surface area contributed by atoms with E-state index in [1.807, 2.05) is 12.1 Å². The van der Waals surface area contributed by atoms with Crippen molar-refractivity contribution in [1.29, 1.82) is 0 Å². The summed E-state index contributed by atoms with van der Waals surface area (Å²) in [6, 6.07) is 11.2. The fourth-order valence-corrected chi connectivity index (χ4v) is 4.06. The number of nitro groups is 1.